The molecule has 0 saturated heterocycles. The molecule has 1 aromatic heterocycles. The second kappa shape index (κ2) is 7.40. The molecule has 5 heteroatoms. The molecule has 1 aromatic carbocycles. The Morgan fingerprint density at radius 2 is 2.10 bits per heavy atom. The molecule has 0 aliphatic heterocycles. The summed E-state index contributed by atoms with van der Waals surface area (Å²) in [5.41, 5.74) is 2.26. The van der Waals surface area contributed by atoms with Gasteiger partial charge in [0.25, 0.3) is 0 Å². The lowest BCUT2D eigenvalue weighted by Crippen LogP contribution is -2.11. The highest BCUT2D eigenvalue weighted by molar-refractivity contribution is 5.94. The van der Waals surface area contributed by atoms with Gasteiger partial charge < -0.3 is 15.2 Å². The fraction of sp³-hybridized carbons (Fsp3) is 0.250. The van der Waals surface area contributed by atoms with E-state index >= 15 is 0 Å². The van der Waals surface area contributed by atoms with Crippen molar-refractivity contribution in [2.24, 2.45) is 0 Å². The molecule has 0 unspecified atom stereocenters. The number of carbonyl (C=O) groups excluding carboxylic acids is 1. The summed E-state index contributed by atoms with van der Waals surface area (Å²) in [6.45, 7) is 2.61. The van der Waals surface area contributed by atoms with Crippen LogP contribution in [-0.2, 0) is 17.9 Å². The molecule has 110 valence electrons. The Balaban J connectivity index is 2.10. The predicted molar refractivity (Wildman–Crippen MR) is 79.9 cm³/mol. The van der Waals surface area contributed by atoms with Crippen LogP contribution >= 0.6 is 0 Å². The van der Waals surface area contributed by atoms with E-state index in [0.717, 1.165) is 11.1 Å². The number of anilines is 1. The molecule has 2 aromatic rings. The van der Waals surface area contributed by atoms with Crippen LogP contribution in [0.25, 0.3) is 0 Å². The van der Waals surface area contributed by atoms with Crippen LogP contribution in [0, 0.1) is 0 Å². The van der Waals surface area contributed by atoms with E-state index in [0.29, 0.717) is 24.5 Å². The van der Waals surface area contributed by atoms with Gasteiger partial charge in [-0.15, -0.1) is 0 Å². The fourth-order valence-electron chi connectivity index (χ4n) is 1.94. The zero-order chi connectivity index (χ0) is 15.1. The third kappa shape index (κ3) is 4.03. The molecular weight excluding hydrogens is 268 g/mol. The van der Waals surface area contributed by atoms with Gasteiger partial charge in [0.15, 0.2) is 0 Å². The summed E-state index contributed by atoms with van der Waals surface area (Å²) in [7, 11) is 0. The maximum absolute atomic E-state index is 11.8. The molecule has 0 amide bonds. The molecule has 0 radical (unpaired) electrons. The highest BCUT2D eigenvalue weighted by atomic mass is 16.5. The van der Waals surface area contributed by atoms with Gasteiger partial charge in [-0.25, -0.2) is 9.78 Å². The smallest absolute Gasteiger partial charge is 0.341 e. The average molecular weight is 286 g/mol. The molecule has 2 rings (SSSR count). The van der Waals surface area contributed by atoms with Crippen molar-refractivity contribution in [2.45, 2.75) is 20.1 Å². The molecule has 0 saturated carbocycles. The van der Waals surface area contributed by atoms with E-state index in [4.69, 9.17) is 9.84 Å². The summed E-state index contributed by atoms with van der Waals surface area (Å²) in [5, 5.41) is 12.3. The van der Waals surface area contributed by atoms with E-state index in [-0.39, 0.29) is 6.61 Å². The van der Waals surface area contributed by atoms with Crippen LogP contribution in [0.4, 0.5) is 5.82 Å². The number of hydrogen-bond donors (Lipinski definition) is 2. The van der Waals surface area contributed by atoms with Gasteiger partial charge in [0.05, 0.1) is 13.2 Å². The first-order chi connectivity index (χ1) is 10.2. The number of aliphatic hydroxyl groups is 1. The number of ether oxygens (including phenoxy) is 1. The molecule has 2 N–H and O–H groups in total. The zero-order valence-corrected chi connectivity index (χ0v) is 11.9. The number of aliphatic hydroxyl groups excluding tert-OH is 1. The summed E-state index contributed by atoms with van der Waals surface area (Å²) >= 11 is 0. The predicted octanol–water partition coefficient (Wildman–Crippen LogP) is 2.36. The van der Waals surface area contributed by atoms with Gasteiger partial charge in [0.2, 0.25) is 0 Å². The first-order valence-electron chi connectivity index (χ1n) is 6.79. The third-order valence-electron chi connectivity index (χ3n) is 2.94. The van der Waals surface area contributed by atoms with Gasteiger partial charge >= 0.3 is 5.97 Å². The minimum Gasteiger partial charge on any atom is -0.462 e. The highest BCUT2D eigenvalue weighted by Crippen LogP contribution is 2.15. The topological polar surface area (TPSA) is 71.5 Å². The van der Waals surface area contributed by atoms with Crippen LogP contribution < -0.4 is 5.32 Å². The van der Waals surface area contributed by atoms with Crippen LogP contribution in [0.1, 0.15) is 28.4 Å². The first kappa shape index (κ1) is 15.0. The average Bonchev–Trinajstić information content (AvgIpc) is 2.53. The van der Waals surface area contributed by atoms with Crippen LogP contribution in [0.5, 0.6) is 0 Å². The molecule has 21 heavy (non-hydrogen) atoms. The van der Waals surface area contributed by atoms with Crippen molar-refractivity contribution in [3.8, 4) is 0 Å². The number of hydrogen-bond acceptors (Lipinski definition) is 5. The van der Waals surface area contributed by atoms with Crippen LogP contribution in [-0.4, -0.2) is 22.7 Å². The molecule has 1 heterocycles. The molecular formula is C16H18N2O3. The number of pyridine rings is 1. The summed E-state index contributed by atoms with van der Waals surface area (Å²) in [6, 6.07) is 11.0. The number of esters is 1. The van der Waals surface area contributed by atoms with Crippen molar-refractivity contribution in [2.75, 3.05) is 11.9 Å². The third-order valence-corrected chi connectivity index (χ3v) is 2.94. The molecule has 0 spiro atoms. The normalized spacial score (nSPS) is 10.2. The summed E-state index contributed by atoms with van der Waals surface area (Å²) < 4.78 is 5.01. The Hall–Kier alpha value is -2.40. The van der Waals surface area contributed by atoms with Gasteiger partial charge in [-0.05, 0) is 30.2 Å². The van der Waals surface area contributed by atoms with E-state index < -0.39 is 5.97 Å². The second-order valence-electron chi connectivity index (χ2n) is 4.45. The number of nitrogens with zero attached hydrogens (tertiary/aromatic N) is 1. The Kier molecular flexibility index (Phi) is 5.29. The molecule has 0 aliphatic rings. The lowest BCUT2D eigenvalue weighted by Gasteiger charge is -2.10. The maximum atomic E-state index is 11.8. The Labute approximate surface area is 123 Å². The quantitative estimate of drug-likeness (QED) is 0.798. The summed E-state index contributed by atoms with van der Waals surface area (Å²) in [6.07, 6.45) is 1.62. The lowest BCUT2D eigenvalue weighted by atomic mass is 10.1. The zero-order valence-electron chi connectivity index (χ0n) is 11.9. The van der Waals surface area contributed by atoms with Gasteiger partial charge in [0, 0.05) is 12.7 Å². The van der Waals surface area contributed by atoms with Crippen LogP contribution in [0.3, 0.4) is 0 Å². The van der Waals surface area contributed by atoms with Crippen molar-refractivity contribution in [1.82, 2.24) is 4.98 Å². The highest BCUT2D eigenvalue weighted by Gasteiger charge is 2.12. The number of nitrogens with one attached hydrogen (secondary N) is 1. The Morgan fingerprint density at radius 3 is 2.86 bits per heavy atom. The van der Waals surface area contributed by atoms with Crippen LogP contribution in [0.15, 0.2) is 42.6 Å². The first-order valence-corrected chi connectivity index (χ1v) is 6.79. The van der Waals surface area contributed by atoms with E-state index in [1.807, 2.05) is 24.3 Å². The van der Waals surface area contributed by atoms with E-state index in [1.165, 1.54) is 0 Å². The van der Waals surface area contributed by atoms with Gasteiger partial charge in [0.1, 0.15) is 11.4 Å². The van der Waals surface area contributed by atoms with Crippen molar-refractivity contribution in [1.29, 1.82) is 0 Å². The van der Waals surface area contributed by atoms with Crippen molar-refractivity contribution >= 4 is 11.8 Å². The Morgan fingerprint density at radius 1 is 1.29 bits per heavy atom. The van der Waals surface area contributed by atoms with Crippen LogP contribution in [0.2, 0.25) is 0 Å². The number of aromatic nitrogens is 1. The SMILES string of the molecule is CCOC(=O)c1cccnc1NCc1cccc(CO)c1. The minimum atomic E-state index is -0.391. The lowest BCUT2D eigenvalue weighted by molar-refractivity contribution is 0.0527. The van der Waals surface area contributed by atoms with E-state index in [1.54, 1.807) is 25.3 Å². The van der Waals surface area contributed by atoms with Crippen molar-refractivity contribution < 1.29 is 14.6 Å². The fourth-order valence-corrected chi connectivity index (χ4v) is 1.94. The minimum absolute atomic E-state index is 0.00546. The summed E-state index contributed by atoms with van der Waals surface area (Å²) in [4.78, 5) is 16.0. The monoisotopic (exact) mass is 286 g/mol. The standard InChI is InChI=1S/C16H18N2O3/c1-2-21-16(20)14-7-4-8-17-15(14)18-10-12-5-3-6-13(9-12)11-19/h3-9,19H,2,10-11H2,1H3,(H,17,18). The molecule has 0 aliphatic carbocycles. The maximum Gasteiger partial charge on any atom is 0.341 e. The number of benzene rings is 1. The molecule has 0 bridgehead atoms. The number of rotatable bonds is 6. The van der Waals surface area contributed by atoms with Crippen molar-refractivity contribution in [3.63, 3.8) is 0 Å². The van der Waals surface area contributed by atoms with Gasteiger partial charge in [-0.2, -0.15) is 0 Å². The van der Waals surface area contributed by atoms with Crippen molar-refractivity contribution in [3.05, 3.63) is 59.3 Å². The van der Waals surface area contributed by atoms with E-state index in [2.05, 4.69) is 10.3 Å². The van der Waals surface area contributed by atoms with E-state index in [9.17, 15) is 4.79 Å². The van der Waals surface area contributed by atoms with Gasteiger partial charge in [-0.1, -0.05) is 24.3 Å². The van der Waals surface area contributed by atoms with Gasteiger partial charge in [-0.3, -0.25) is 0 Å². The molecule has 0 atom stereocenters. The largest absolute Gasteiger partial charge is 0.462 e. The number of carbonyl (C=O) groups is 1. The second-order valence-corrected chi connectivity index (χ2v) is 4.45. The molecule has 0 fully saturated rings. The Bertz CT molecular complexity index is 614. The summed E-state index contributed by atoms with van der Waals surface area (Å²) in [5.74, 6) is 0.0996. The molecule has 5 nitrogen and oxygen atoms in total.